The van der Waals surface area contributed by atoms with Gasteiger partial charge in [0, 0.05) is 12.7 Å². The van der Waals surface area contributed by atoms with Crippen LogP contribution in [0.25, 0.3) is 0 Å². The highest BCUT2D eigenvalue weighted by molar-refractivity contribution is 5.94. The summed E-state index contributed by atoms with van der Waals surface area (Å²) in [6, 6.07) is 14.8. The summed E-state index contributed by atoms with van der Waals surface area (Å²) in [5, 5.41) is 2.55. The van der Waals surface area contributed by atoms with Gasteiger partial charge in [0.2, 0.25) is 11.8 Å². The van der Waals surface area contributed by atoms with Gasteiger partial charge < -0.3 is 15.0 Å². The third-order valence-corrected chi connectivity index (χ3v) is 3.24. The molecule has 0 atom stereocenters. The van der Waals surface area contributed by atoms with E-state index in [1.807, 2.05) is 18.2 Å². The van der Waals surface area contributed by atoms with E-state index in [1.165, 1.54) is 30.1 Å². The van der Waals surface area contributed by atoms with Crippen LogP contribution < -0.4 is 10.1 Å². The molecule has 0 fully saturated rings. The summed E-state index contributed by atoms with van der Waals surface area (Å²) >= 11 is 0. The molecule has 5 nitrogen and oxygen atoms in total. The van der Waals surface area contributed by atoms with Crippen molar-refractivity contribution in [3.8, 4) is 5.75 Å². The zero-order valence-corrected chi connectivity index (χ0v) is 13.4. The summed E-state index contributed by atoms with van der Waals surface area (Å²) in [7, 11) is 1.54. The molecule has 1 N–H and O–H groups in total. The zero-order chi connectivity index (χ0) is 17.4. The highest BCUT2D eigenvalue weighted by Gasteiger charge is 2.13. The number of amides is 2. The van der Waals surface area contributed by atoms with Crippen LogP contribution in [0.15, 0.2) is 54.6 Å². The number of benzene rings is 2. The van der Waals surface area contributed by atoms with Crippen molar-refractivity contribution in [1.29, 1.82) is 0 Å². The number of ether oxygens (including phenoxy) is 1. The van der Waals surface area contributed by atoms with Gasteiger partial charge >= 0.3 is 0 Å². The Hall–Kier alpha value is -2.89. The van der Waals surface area contributed by atoms with Crippen LogP contribution in [0.1, 0.15) is 6.42 Å². The first kappa shape index (κ1) is 17.5. The summed E-state index contributed by atoms with van der Waals surface area (Å²) < 4.78 is 18.5. The average molecular weight is 330 g/mol. The first-order chi connectivity index (χ1) is 11.5. The third kappa shape index (κ3) is 5.72. The SMILES string of the molecule is CN(CC(=O)Nc1cccc(F)c1)C(=O)CCOc1ccccc1. The fourth-order valence-corrected chi connectivity index (χ4v) is 2.03. The van der Waals surface area contributed by atoms with Crippen molar-refractivity contribution >= 4 is 17.5 Å². The second-order valence-corrected chi connectivity index (χ2v) is 5.22. The van der Waals surface area contributed by atoms with Gasteiger partial charge in [-0.1, -0.05) is 24.3 Å². The van der Waals surface area contributed by atoms with Crippen molar-refractivity contribution in [3.05, 3.63) is 60.4 Å². The molecule has 24 heavy (non-hydrogen) atoms. The minimum Gasteiger partial charge on any atom is -0.493 e. The molecule has 2 amide bonds. The number of para-hydroxylation sites is 1. The maximum absolute atomic E-state index is 13.1. The number of nitrogens with zero attached hydrogens (tertiary/aromatic N) is 1. The Morgan fingerprint density at radius 3 is 2.58 bits per heavy atom. The standard InChI is InChI=1S/C18H19FN2O3/c1-21(13-17(22)20-15-7-5-6-14(19)12-15)18(23)10-11-24-16-8-3-2-4-9-16/h2-9,12H,10-11,13H2,1H3,(H,20,22). The Kier molecular flexibility index (Phi) is 6.31. The highest BCUT2D eigenvalue weighted by Crippen LogP contribution is 2.10. The van der Waals surface area contributed by atoms with Crippen LogP contribution >= 0.6 is 0 Å². The van der Waals surface area contributed by atoms with Crippen LogP contribution in [0.2, 0.25) is 0 Å². The molecule has 2 rings (SSSR count). The van der Waals surface area contributed by atoms with Gasteiger partial charge in [0.25, 0.3) is 0 Å². The number of hydrogen-bond donors (Lipinski definition) is 1. The molecule has 2 aromatic rings. The molecule has 0 unspecified atom stereocenters. The van der Waals surface area contributed by atoms with Gasteiger partial charge in [0.1, 0.15) is 11.6 Å². The number of carbonyl (C=O) groups excluding carboxylic acids is 2. The van der Waals surface area contributed by atoms with Crippen LogP contribution in [0.4, 0.5) is 10.1 Å². The van der Waals surface area contributed by atoms with E-state index in [4.69, 9.17) is 4.74 Å². The third-order valence-electron chi connectivity index (χ3n) is 3.24. The molecule has 0 saturated heterocycles. The number of halogens is 1. The summed E-state index contributed by atoms with van der Waals surface area (Å²) in [6.07, 6.45) is 0.165. The quantitative estimate of drug-likeness (QED) is 0.849. The number of nitrogens with one attached hydrogen (secondary N) is 1. The Morgan fingerprint density at radius 2 is 1.88 bits per heavy atom. The van der Waals surface area contributed by atoms with Crippen molar-refractivity contribution in [3.63, 3.8) is 0 Å². The van der Waals surface area contributed by atoms with Crippen molar-refractivity contribution in [2.45, 2.75) is 6.42 Å². The first-order valence-electron chi connectivity index (χ1n) is 7.52. The van der Waals surface area contributed by atoms with E-state index in [2.05, 4.69) is 5.32 Å². The first-order valence-corrected chi connectivity index (χ1v) is 7.52. The second-order valence-electron chi connectivity index (χ2n) is 5.22. The molecule has 0 radical (unpaired) electrons. The monoisotopic (exact) mass is 330 g/mol. The molecule has 0 bridgehead atoms. The second kappa shape index (κ2) is 8.67. The largest absolute Gasteiger partial charge is 0.493 e. The Morgan fingerprint density at radius 1 is 1.12 bits per heavy atom. The van der Waals surface area contributed by atoms with E-state index in [9.17, 15) is 14.0 Å². The van der Waals surface area contributed by atoms with Gasteiger partial charge in [-0.05, 0) is 30.3 Å². The van der Waals surface area contributed by atoms with Gasteiger partial charge in [-0.25, -0.2) is 4.39 Å². The van der Waals surface area contributed by atoms with Gasteiger partial charge in [0.15, 0.2) is 0 Å². The lowest BCUT2D eigenvalue weighted by atomic mass is 10.3. The molecule has 0 aliphatic heterocycles. The Labute approximate surface area is 140 Å². The maximum atomic E-state index is 13.1. The average Bonchev–Trinajstić information content (AvgIpc) is 2.55. The molecule has 6 heteroatoms. The summed E-state index contributed by atoms with van der Waals surface area (Å²) in [5.41, 5.74) is 0.355. The predicted octanol–water partition coefficient (Wildman–Crippen LogP) is 2.69. The van der Waals surface area contributed by atoms with Crippen LogP contribution in [0.5, 0.6) is 5.75 Å². The number of hydrogen-bond acceptors (Lipinski definition) is 3. The van der Waals surface area contributed by atoms with Crippen LogP contribution in [0.3, 0.4) is 0 Å². The van der Waals surface area contributed by atoms with E-state index in [-0.39, 0.29) is 31.4 Å². The molecule has 2 aromatic carbocycles. The lowest BCUT2D eigenvalue weighted by molar-refractivity contribution is -0.133. The van der Waals surface area contributed by atoms with E-state index in [1.54, 1.807) is 18.2 Å². The summed E-state index contributed by atoms with van der Waals surface area (Å²) in [6.45, 7) is 0.124. The maximum Gasteiger partial charge on any atom is 0.243 e. The highest BCUT2D eigenvalue weighted by atomic mass is 19.1. The van der Waals surface area contributed by atoms with Gasteiger partial charge in [-0.3, -0.25) is 9.59 Å². The van der Waals surface area contributed by atoms with Crippen molar-refractivity contribution in [2.75, 3.05) is 25.5 Å². The van der Waals surface area contributed by atoms with Gasteiger partial charge in [-0.15, -0.1) is 0 Å². The molecule has 126 valence electrons. The van der Waals surface area contributed by atoms with Crippen LogP contribution in [-0.2, 0) is 9.59 Å². The topological polar surface area (TPSA) is 58.6 Å². The minimum atomic E-state index is -0.435. The molecule has 0 aliphatic rings. The van der Waals surface area contributed by atoms with E-state index in [0.29, 0.717) is 11.4 Å². The van der Waals surface area contributed by atoms with Crippen LogP contribution in [-0.4, -0.2) is 36.9 Å². The summed E-state index contributed by atoms with van der Waals surface area (Å²) in [5.74, 6) is -0.340. The van der Waals surface area contributed by atoms with Crippen molar-refractivity contribution < 1.29 is 18.7 Å². The van der Waals surface area contributed by atoms with Gasteiger partial charge in [-0.2, -0.15) is 0 Å². The summed E-state index contributed by atoms with van der Waals surface area (Å²) in [4.78, 5) is 25.2. The van der Waals surface area contributed by atoms with Crippen molar-refractivity contribution in [2.24, 2.45) is 0 Å². The van der Waals surface area contributed by atoms with Gasteiger partial charge in [0.05, 0.1) is 19.6 Å². The number of carbonyl (C=O) groups is 2. The number of likely N-dealkylation sites (N-methyl/N-ethyl adjacent to an activating group) is 1. The molecule has 0 aromatic heterocycles. The number of rotatable bonds is 7. The van der Waals surface area contributed by atoms with Crippen molar-refractivity contribution in [1.82, 2.24) is 4.90 Å². The fraction of sp³-hybridized carbons (Fsp3) is 0.222. The molecular weight excluding hydrogens is 311 g/mol. The predicted molar refractivity (Wildman–Crippen MR) is 89.2 cm³/mol. The molecular formula is C18H19FN2O3. The smallest absolute Gasteiger partial charge is 0.243 e. The molecule has 0 aliphatic carbocycles. The van der Waals surface area contributed by atoms with E-state index >= 15 is 0 Å². The van der Waals surface area contributed by atoms with E-state index < -0.39 is 5.82 Å². The molecule has 0 saturated carbocycles. The lowest BCUT2D eigenvalue weighted by Gasteiger charge is -2.17. The fourth-order valence-electron chi connectivity index (χ4n) is 2.03. The lowest BCUT2D eigenvalue weighted by Crippen LogP contribution is -2.35. The molecule has 0 heterocycles. The van der Waals surface area contributed by atoms with Crippen LogP contribution in [0, 0.1) is 5.82 Å². The molecule has 0 spiro atoms. The minimum absolute atomic E-state index is 0.110. The Bertz CT molecular complexity index is 692. The van der Waals surface area contributed by atoms with E-state index in [0.717, 1.165) is 0 Å². The Balaban J connectivity index is 1.73. The number of anilines is 1. The normalized spacial score (nSPS) is 10.1. The zero-order valence-electron chi connectivity index (χ0n) is 13.4.